The fraction of sp³-hybridized carbons (Fsp3) is 0.538. The largest absolute Gasteiger partial charge is 0.324 e. The molecule has 1 aliphatic heterocycles. The fourth-order valence-corrected chi connectivity index (χ4v) is 2.76. The molecule has 3 rings (SSSR count). The highest BCUT2D eigenvalue weighted by atomic mass is 35.5. The summed E-state index contributed by atoms with van der Waals surface area (Å²) >= 11 is 5.50. The number of hydrogen-bond donors (Lipinski definition) is 1. The van der Waals surface area contributed by atoms with Crippen LogP contribution in [0.25, 0.3) is 0 Å². The Morgan fingerprint density at radius 3 is 2.95 bits per heavy atom. The van der Waals surface area contributed by atoms with E-state index >= 15 is 0 Å². The van der Waals surface area contributed by atoms with E-state index < -0.39 is 5.82 Å². The summed E-state index contributed by atoms with van der Waals surface area (Å²) in [4.78, 5) is 17.6. The lowest BCUT2D eigenvalue weighted by molar-refractivity contribution is 0.170. The molecule has 1 N–H and O–H groups in total. The van der Waals surface area contributed by atoms with Gasteiger partial charge in [-0.15, -0.1) is 0 Å². The lowest BCUT2D eigenvalue weighted by Crippen LogP contribution is -2.43. The second-order valence-electron chi connectivity index (χ2n) is 5.45. The summed E-state index contributed by atoms with van der Waals surface area (Å²) in [6, 6.07) is 0.999. The third kappa shape index (κ3) is 2.66. The first-order valence-electron chi connectivity index (χ1n) is 6.45. The van der Waals surface area contributed by atoms with Gasteiger partial charge in [0, 0.05) is 19.2 Å². The molecule has 1 spiro atoms. The number of pyridine rings is 1. The Labute approximate surface area is 115 Å². The number of carbonyl (C=O) groups excluding carboxylic acids is 1. The zero-order valence-corrected chi connectivity index (χ0v) is 11.2. The number of rotatable bonds is 1. The summed E-state index contributed by atoms with van der Waals surface area (Å²) in [5.74, 6) is -0.628. The molecule has 2 fully saturated rings. The number of nitrogens with zero attached hydrogens (tertiary/aromatic N) is 2. The highest BCUT2D eigenvalue weighted by Gasteiger charge is 2.46. The molecular weight excluding hydrogens is 269 g/mol. The summed E-state index contributed by atoms with van der Waals surface area (Å²) in [6.07, 6.45) is 6.05. The van der Waals surface area contributed by atoms with E-state index in [4.69, 9.17) is 11.6 Å². The van der Waals surface area contributed by atoms with E-state index in [2.05, 4.69) is 10.3 Å². The van der Waals surface area contributed by atoms with Gasteiger partial charge in [-0.2, -0.15) is 0 Å². The molecule has 0 unspecified atom stereocenters. The van der Waals surface area contributed by atoms with E-state index in [1.807, 2.05) is 4.90 Å². The summed E-state index contributed by atoms with van der Waals surface area (Å²) in [6.45, 7) is 1.57. The van der Waals surface area contributed by atoms with Crippen molar-refractivity contribution < 1.29 is 9.18 Å². The standard InChI is InChI=1S/C13H15ClFN3O/c14-11-10(15)6-9(7-16-11)17-12(19)18-5-1-2-13(8-18)3-4-13/h6-7H,1-5,8H2,(H,17,19). The van der Waals surface area contributed by atoms with Crippen LogP contribution in [0.15, 0.2) is 12.3 Å². The van der Waals surface area contributed by atoms with E-state index in [0.29, 0.717) is 11.1 Å². The maximum atomic E-state index is 13.2. The number of nitrogens with one attached hydrogen (secondary N) is 1. The molecule has 2 amide bonds. The summed E-state index contributed by atoms with van der Waals surface area (Å²) in [5.41, 5.74) is 0.710. The number of hydrogen-bond acceptors (Lipinski definition) is 2. The number of piperidine rings is 1. The van der Waals surface area contributed by atoms with Gasteiger partial charge in [0.15, 0.2) is 11.0 Å². The van der Waals surface area contributed by atoms with E-state index in [1.54, 1.807) is 0 Å². The Hall–Kier alpha value is -1.36. The molecule has 1 saturated carbocycles. The minimum absolute atomic E-state index is 0.186. The van der Waals surface area contributed by atoms with Crippen LogP contribution in [-0.4, -0.2) is 29.0 Å². The normalized spacial score (nSPS) is 20.4. The third-order valence-corrected chi connectivity index (χ3v) is 4.23. The second-order valence-corrected chi connectivity index (χ2v) is 5.81. The molecule has 1 aliphatic carbocycles. The van der Waals surface area contributed by atoms with Crippen LogP contribution in [0, 0.1) is 11.2 Å². The zero-order chi connectivity index (χ0) is 13.5. The zero-order valence-electron chi connectivity index (χ0n) is 10.5. The molecule has 4 nitrogen and oxygen atoms in total. The number of aromatic nitrogens is 1. The van der Waals surface area contributed by atoms with Crippen LogP contribution >= 0.6 is 11.6 Å². The van der Waals surface area contributed by atoms with Crippen molar-refractivity contribution in [2.45, 2.75) is 25.7 Å². The predicted molar refractivity (Wildman–Crippen MR) is 70.7 cm³/mol. The first-order chi connectivity index (χ1) is 9.08. The predicted octanol–water partition coefficient (Wildman–Crippen LogP) is 3.28. The van der Waals surface area contributed by atoms with Crippen LogP contribution in [-0.2, 0) is 0 Å². The molecule has 1 aromatic rings. The lowest BCUT2D eigenvalue weighted by Gasteiger charge is -2.32. The second kappa shape index (κ2) is 4.63. The van der Waals surface area contributed by atoms with Crippen molar-refractivity contribution >= 4 is 23.3 Å². The van der Waals surface area contributed by atoms with Gasteiger partial charge >= 0.3 is 6.03 Å². The average molecular weight is 284 g/mol. The molecule has 0 radical (unpaired) electrons. The van der Waals surface area contributed by atoms with Crippen molar-refractivity contribution in [3.8, 4) is 0 Å². The van der Waals surface area contributed by atoms with Gasteiger partial charge in [0.2, 0.25) is 0 Å². The quantitative estimate of drug-likeness (QED) is 0.804. The van der Waals surface area contributed by atoms with E-state index in [0.717, 1.165) is 19.5 Å². The molecule has 2 heterocycles. The Balaban J connectivity index is 1.65. The van der Waals surface area contributed by atoms with Crippen LogP contribution in [0.3, 0.4) is 0 Å². The molecule has 0 aromatic carbocycles. The molecule has 0 bridgehead atoms. The van der Waals surface area contributed by atoms with E-state index in [1.165, 1.54) is 31.5 Å². The average Bonchev–Trinajstić information content (AvgIpc) is 3.13. The Morgan fingerprint density at radius 1 is 1.47 bits per heavy atom. The highest BCUT2D eigenvalue weighted by Crippen LogP contribution is 2.52. The fourth-order valence-electron chi connectivity index (χ4n) is 2.66. The van der Waals surface area contributed by atoms with Gasteiger partial charge in [-0.3, -0.25) is 0 Å². The van der Waals surface area contributed by atoms with E-state index in [-0.39, 0.29) is 11.2 Å². The Kier molecular flexibility index (Phi) is 3.09. The number of urea groups is 1. The van der Waals surface area contributed by atoms with Gasteiger partial charge in [0.25, 0.3) is 0 Å². The van der Waals surface area contributed by atoms with Crippen molar-refractivity contribution in [1.82, 2.24) is 9.88 Å². The maximum absolute atomic E-state index is 13.2. The molecule has 19 heavy (non-hydrogen) atoms. The summed E-state index contributed by atoms with van der Waals surface area (Å²) < 4.78 is 13.2. The highest BCUT2D eigenvalue weighted by molar-refractivity contribution is 6.29. The van der Waals surface area contributed by atoms with Crippen LogP contribution in [0.4, 0.5) is 14.9 Å². The van der Waals surface area contributed by atoms with Crippen LogP contribution < -0.4 is 5.32 Å². The van der Waals surface area contributed by atoms with Crippen molar-refractivity contribution in [3.63, 3.8) is 0 Å². The number of carbonyl (C=O) groups is 1. The first kappa shape index (κ1) is 12.7. The van der Waals surface area contributed by atoms with Gasteiger partial charge in [-0.05, 0) is 31.1 Å². The van der Waals surface area contributed by atoms with Crippen molar-refractivity contribution in [1.29, 1.82) is 0 Å². The van der Waals surface area contributed by atoms with Gasteiger partial charge in [0.1, 0.15) is 0 Å². The lowest BCUT2D eigenvalue weighted by atomic mass is 9.95. The SMILES string of the molecule is O=C(Nc1cnc(Cl)c(F)c1)N1CCCC2(CC2)C1. The number of anilines is 1. The van der Waals surface area contributed by atoms with E-state index in [9.17, 15) is 9.18 Å². The number of halogens is 2. The number of amides is 2. The van der Waals surface area contributed by atoms with Crippen LogP contribution in [0.1, 0.15) is 25.7 Å². The molecule has 102 valence electrons. The summed E-state index contributed by atoms with van der Waals surface area (Å²) in [5, 5.41) is 2.48. The van der Waals surface area contributed by atoms with Gasteiger partial charge in [0.05, 0.1) is 11.9 Å². The molecule has 1 saturated heterocycles. The van der Waals surface area contributed by atoms with Crippen LogP contribution in [0.2, 0.25) is 5.15 Å². The van der Waals surface area contributed by atoms with Gasteiger partial charge in [-0.25, -0.2) is 14.2 Å². The summed E-state index contributed by atoms with van der Waals surface area (Å²) in [7, 11) is 0. The molecule has 1 aromatic heterocycles. The Morgan fingerprint density at radius 2 is 2.26 bits per heavy atom. The minimum atomic E-state index is -0.628. The monoisotopic (exact) mass is 283 g/mol. The van der Waals surface area contributed by atoms with Gasteiger partial charge in [-0.1, -0.05) is 11.6 Å². The Bertz CT molecular complexity index is 519. The van der Waals surface area contributed by atoms with Crippen molar-refractivity contribution in [2.75, 3.05) is 18.4 Å². The van der Waals surface area contributed by atoms with Crippen molar-refractivity contribution in [2.24, 2.45) is 5.41 Å². The maximum Gasteiger partial charge on any atom is 0.321 e. The minimum Gasteiger partial charge on any atom is -0.324 e. The molecule has 2 aliphatic rings. The molecule has 0 atom stereocenters. The smallest absolute Gasteiger partial charge is 0.321 e. The third-order valence-electron chi connectivity index (χ3n) is 3.95. The number of likely N-dealkylation sites (tertiary alicyclic amines) is 1. The van der Waals surface area contributed by atoms with Crippen LogP contribution in [0.5, 0.6) is 0 Å². The molecular formula is C13H15ClFN3O. The van der Waals surface area contributed by atoms with Gasteiger partial charge < -0.3 is 10.2 Å². The topological polar surface area (TPSA) is 45.2 Å². The van der Waals surface area contributed by atoms with Crippen molar-refractivity contribution in [3.05, 3.63) is 23.2 Å². The first-order valence-corrected chi connectivity index (χ1v) is 6.83. The molecule has 6 heteroatoms.